The fourth-order valence-corrected chi connectivity index (χ4v) is 3.78. The molecule has 0 aliphatic carbocycles. The largest absolute Gasteiger partial charge is 0.383 e. The lowest BCUT2D eigenvalue weighted by atomic mass is 10.1. The molecular weight excluding hydrogens is 427 g/mol. The van der Waals surface area contributed by atoms with E-state index in [1.807, 2.05) is 6.07 Å². The minimum atomic E-state index is -0.510. The van der Waals surface area contributed by atoms with Crippen molar-refractivity contribution in [1.29, 1.82) is 0 Å². The summed E-state index contributed by atoms with van der Waals surface area (Å²) in [5.41, 5.74) is 2.16. The molecule has 2 aromatic carbocycles. The number of hydrogen-bond donors (Lipinski definition) is 3. The Balaban J connectivity index is 1.78. The Hall–Kier alpha value is -2.48. The first kappa shape index (κ1) is 22.2. The summed E-state index contributed by atoms with van der Waals surface area (Å²) in [6.07, 6.45) is 2.18. The van der Waals surface area contributed by atoms with Crippen molar-refractivity contribution in [3.05, 3.63) is 52.0 Å². The highest BCUT2D eigenvalue weighted by Crippen LogP contribution is 2.31. The number of halogens is 2. The fraction of sp³-hybridized carbons (Fsp3) is 0.333. The maximum atomic E-state index is 12.8. The average Bonchev–Trinajstić information content (AvgIpc) is 3.25. The lowest BCUT2D eigenvalue weighted by Gasteiger charge is -2.22. The minimum absolute atomic E-state index is 0.216. The molecule has 3 rings (SSSR count). The molecule has 1 fully saturated rings. The second-order valence-corrected chi connectivity index (χ2v) is 7.66. The zero-order valence-electron chi connectivity index (χ0n) is 16.6. The number of urea groups is 1. The van der Waals surface area contributed by atoms with Crippen LogP contribution in [0.2, 0.25) is 10.0 Å². The first-order valence-electron chi connectivity index (χ1n) is 9.67. The lowest BCUT2D eigenvalue weighted by Crippen LogP contribution is -2.30. The Bertz CT molecular complexity index is 897. The molecule has 2 aromatic rings. The Morgan fingerprint density at radius 3 is 2.43 bits per heavy atom. The van der Waals surface area contributed by atoms with E-state index in [9.17, 15) is 9.59 Å². The van der Waals surface area contributed by atoms with Crippen LogP contribution in [-0.4, -0.2) is 45.3 Å². The third-order valence-corrected chi connectivity index (χ3v) is 5.37. The van der Waals surface area contributed by atoms with E-state index in [0.29, 0.717) is 40.1 Å². The molecule has 30 heavy (non-hydrogen) atoms. The van der Waals surface area contributed by atoms with Crippen LogP contribution in [0.25, 0.3) is 0 Å². The van der Waals surface area contributed by atoms with Gasteiger partial charge in [0, 0.05) is 38.1 Å². The number of carbonyl (C=O) groups excluding carboxylic acids is 2. The van der Waals surface area contributed by atoms with Crippen molar-refractivity contribution >= 4 is 52.2 Å². The molecule has 3 amide bonds. The quantitative estimate of drug-likeness (QED) is 0.537. The van der Waals surface area contributed by atoms with Crippen LogP contribution in [0.1, 0.15) is 23.2 Å². The van der Waals surface area contributed by atoms with Gasteiger partial charge in [0.15, 0.2) is 0 Å². The van der Waals surface area contributed by atoms with Gasteiger partial charge in [0.25, 0.3) is 5.91 Å². The third kappa shape index (κ3) is 5.56. The second kappa shape index (κ2) is 10.5. The lowest BCUT2D eigenvalue weighted by molar-refractivity contribution is 0.0937. The van der Waals surface area contributed by atoms with Gasteiger partial charge in [-0.25, -0.2) is 4.79 Å². The monoisotopic (exact) mass is 450 g/mol. The van der Waals surface area contributed by atoms with E-state index < -0.39 is 6.03 Å². The van der Waals surface area contributed by atoms with Crippen LogP contribution >= 0.6 is 23.2 Å². The molecule has 160 valence electrons. The molecule has 1 heterocycles. The van der Waals surface area contributed by atoms with Gasteiger partial charge in [0.1, 0.15) is 0 Å². The highest BCUT2D eigenvalue weighted by atomic mass is 35.5. The number of hydrogen-bond acceptors (Lipinski definition) is 4. The summed E-state index contributed by atoms with van der Waals surface area (Å²) in [6.45, 7) is 2.62. The second-order valence-electron chi connectivity index (χ2n) is 6.85. The molecule has 0 aromatic heterocycles. The molecule has 1 aliphatic rings. The number of benzene rings is 2. The first-order chi connectivity index (χ1) is 14.5. The van der Waals surface area contributed by atoms with Crippen LogP contribution in [0.5, 0.6) is 0 Å². The number of amides is 3. The van der Waals surface area contributed by atoms with Crippen LogP contribution in [0.3, 0.4) is 0 Å². The van der Waals surface area contributed by atoms with E-state index in [-0.39, 0.29) is 5.91 Å². The van der Waals surface area contributed by atoms with Gasteiger partial charge in [0.2, 0.25) is 0 Å². The summed E-state index contributed by atoms with van der Waals surface area (Å²) in [7, 11) is 1.58. The Labute approximate surface area is 185 Å². The Morgan fingerprint density at radius 1 is 1.07 bits per heavy atom. The zero-order valence-corrected chi connectivity index (χ0v) is 18.1. The van der Waals surface area contributed by atoms with Gasteiger partial charge in [-0.1, -0.05) is 29.3 Å². The summed E-state index contributed by atoms with van der Waals surface area (Å²) in [5.74, 6) is -0.216. The van der Waals surface area contributed by atoms with Crippen molar-refractivity contribution in [1.82, 2.24) is 5.32 Å². The molecular formula is C21H24Cl2N4O3. The van der Waals surface area contributed by atoms with E-state index in [0.717, 1.165) is 31.6 Å². The molecule has 1 saturated heterocycles. The van der Waals surface area contributed by atoms with E-state index in [4.69, 9.17) is 27.9 Å². The van der Waals surface area contributed by atoms with Gasteiger partial charge >= 0.3 is 6.03 Å². The minimum Gasteiger partial charge on any atom is -0.383 e. The van der Waals surface area contributed by atoms with Crippen molar-refractivity contribution in [3.63, 3.8) is 0 Å². The van der Waals surface area contributed by atoms with E-state index in [1.165, 1.54) is 0 Å². The van der Waals surface area contributed by atoms with Crippen LogP contribution in [0.15, 0.2) is 36.4 Å². The van der Waals surface area contributed by atoms with Gasteiger partial charge < -0.3 is 25.6 Å². The van der Waals surface area contributed by atoms with Crippen molar-refractivity contribution in [2.24, 2.45) is 0 Å². The van der Waals surface area contributed by atoms with Crippen LogP contribution in [0.4, 0.5) is 21.9 Å². The number of carbonyl (C=O) groups is 2. The molecule has 0 radical (unpaired) electrons. The maximum Gasteiger partial charge on any atom is 0.323 e. The highest BCUT2D eigenvalue weighted by Gasteiger charge is 2.20. The number of para-hydroxylation sites is 1. The number of nitrogens with one attached hydrogen (secondary N) is 3. The van der Waals surface area contributed by atoms with Crippen molar-refractivity contribution in [2.45, 2.75) is 12.8 Å². The predicted octanol–water partition coefficient (Wildman–Crippen LogP) is 4.61. The van der Waals surface area contributed by atoms with Gasteiger partial charge in [-0.3, -0.25) is 4.79 Å². The molecule has 0 unspecified atom stereocenters. The molecule has 1 aliphatic heterocycles. The smallest absolute Gasteiger partial charge is 0.323 e. The van der Waals surface area contributed by atoms with Gasteiger partial charge in [-0.05, 0) is 43.2 Å². The number of nitrogens with zero attached hydrogens (tertiary/aromatic N) is 1. The SMILES string of the molecule is COCCNC(=O)c1cc(NC(=O)Nc2c(Cl)cccc2Cl)ccc1N1CCCC1. The molecule has 0 saturated carbocycles. The number of ether oxygens (including phenoxy) is 1. The summed E-state index contributed by atoms with van der Waals surface area (Å²) in [5, 5.41) is 8.89. The van der Waals surface area contributed by atoms with E-state index >= 15 is 0 Å². The maximum absolute atomic E-state index is 12.8. The summed E-state index contributed by atoms with van der Waals surface area (Å²) < 4.78 is 5.00. The number of rotatable bonds is 7. The van der Waals surface area contributed by atoms with Gasteiger partial charge in [0.05, 0.1) is 27.9 Å². The Morgan fingerprint density at radius 2 is 1.77 bits per heavy atom. The van der Waals surface area contributed by atoms with Crippen molar-refractivity contribution < 1.29 is 14.3 Å². The van der Waals surface area contributed by atoms with Gasteiger partial charge in [-0.15, -0.1) is 0 Å². The van der Waals surface area contributed by atoms with E-state index in [1.54, 1.807) is 37.4 Å². The number of methoxy groups -OCH3 is 1. The fourth-order valence-electron chi connectivity index (χ4n) is 3.28. The molecule has 0 bridgehead atoms. The molecule has 3 N–H and O–H groups in total. The van der Waals surface area contributed by atoms with Crippen LogP contribution in [0, 0.1) is 0 Å². The summed E-state index contributed by atoms with van der Waals surface area (Å²) in [6, 6.07) is 9.75. The Kier molecular flexibility index (Phi) is 7.79. The third-order valence-electron chi connectivity index (χ3n) is 4.74. The molecule has 0 atom stereocenters. The first-order valence-corrected chi connectivity index (χ1v) is 10.4. The van der Waals surface area contributed by atoms with Crippen LogP contribution < -0.4 is 20.9 Å². The standard InChI is InChI=1S/C21H24Cl2N4O3/c1-30-12-9-24-20(28)15-13-14(7-8-18(15)27-10-2-3-11-27)25-21(29)26-19-16(22)5-4-6-17(19)23/h4-8,13H,2-3,9-12H2,1H3,(H,24,28)(H2,25,26,29). The summed E-state index contributed by atoms with van der Waals surface area (Å²) in [4.78, 5) is 27.4. The zero-order chi connectivity index (χ0) is 21.5. The molecule has 9 heteroatoms. The van der Waals surface area contributed by atoms with Crippen molar-refractivity contribution in [3.8, 4) is 0 Å². The molecule has 0 spiro atoms. The summed E-state index contributed by atoms with van der Waals surface area (Å²) >= 11 is 12.2. The van der Waals surface area contributed by atoms with Crippen LogP contribution in [-0.2, 0) is 4.74 Å². The number of anilines is 3. The predicted molar refractivity (Wildman–Crippen MR) is 121 cm³/mol. The van der Waals surface area contributed by atoms with Crippen molar-refractivity contribution in [2.75, 3.05) is 48.9 Å². The highest BCUT2D eigenvalue weighted by molar-refractivity contribution is 6.39. The normalized spacial score (nSPS) is 13.2. The topological polar surface area (TPSA) is 82.7 Å². The van der Waals surface area contributed by atoms with Gasteiger partial charge in [-0.2, -0.15) is 0 Å². The molecule has 7 nitrogen and oxygen atoms in total. The van der Waals surface area contributed by atoms with E-state index in [2.05, 4.69) is 20.9 Å². The average molecular weight is 451 g/mol.